The number of likely N-dealkylation sites (tertiary alicyclic amines) is 1. The Kier molecular flexibility index (Phi) is 5.48. The van der Waals surface area contributed by atoms with Gasteiger partial charge in [-0.25, -0.2) is 0 Å². The number of piperidine rings is 1. The molecule has 3 aromatic rings. The molecule has 1 saturated heterocycles. The largest absolute Gasteiger partial charge is 0.338 e. The second kappa shape index (κ2) is 8.35. The molecule has 1 aromatic heterocycles. The highest BCUT2D eigenvalue weighted by Gasteiger charge is 2.26. The highest BCUT2D eigenvalue weighted by atomic mass is 16.5. The number of hydrogen-bond donors (Lipinski definition) is 1. The van der Waals surface area contributed by atoms with Crippen molar-refractivity contribution in [2.75, 3.05) is 18.4 Å². The van der Waals surface area contributed by atoms with Gasteiger partial charge in [-0.1, -0.05) is 47.1 Å². The minimum absolute atomic E-state index is 0.0435. The molecule has 0 saturated carbocycles. The van der Waals surface area contributed by atoms with E-state index in [0.717, 1.165) is 37.2 Å². The van der Waals surface area contributed by atoms with Gasteiger partial charge < -0.3 is 9.84 Å². The fraction of sp³-hybridized carbons (Fsp3) is 0.318. The molecular weight excluding hydrogens is 352 g/mol. The monoisotopic (exact) mass is 376 g/mol. The molecule has 0 atom stereocenters. The van der Waals surface area contributed by atoms with Gasteiger partial charge in [0.1, 0.15) is 0 Å². The molecule has 0 radical (unpaired) electrons. The lowest BCUT2D eigenvalue weighted by Gasteiger charge is -2.30. The van der Waals surface area contributed by atoms with Crippen LogP contribution in [0.15, 0.2) is 59.1 Å². The van der Waals surface area contributed by atoms with Gasteiger partial charge in [0, 0.05) is 17.2 Å². The number of amides is 1. The molecule has 0 aliphatic carbocycles. The van der Waals surface area contributed by atoms with E-state index in [-0.39, 0.29) is 11.8 Å². The number of carbonyl (C=O) groups excluding carboxylic acids is 1. The first-order valence-corrected chi connectivity index (χ1v) is 9.65. The molecule has 6 heteroatoms. The normalized spacial score (nSPS) is 15.5. The third-order valence-electron chi connectivity index (χ3n) is 5.10. The van der Waals surface area contributed by atoms with Crippen LogP contribution in [0.4, 0.5) is 5.69 Å². The number of anilines is 1. The van der Waals surface area contributed by atoms with Crippen LogP contribution < -0.4 is 5.32 Å². The Balaban J connectivity index is 1.29. The molecule has 1 amide bonds. The van der Waals surface area contributed by atoms with E-state index in [2.05, 4.69) is 20.4 Å². The molecule has 1 N–H and O–H groups in total. The summed E-state index contributed by atoms with van der Waals surface area (Å²) >= 11 is 0. The standard InChI is InChI=1S/C22H24N4O2/c1-16-6-5-7-18(14-16)21-24-20(28-25-21)15-26-12-10-17(11-13-26)22(27)23-19-8-3-2-4-9-19/h2-9,14,17H,10-13,15H2,1H3,(H,23,27). The zero-order valence-electron chi connectivity index (χ0n) is 16.0. The number of rotatable bonds is 5. The summed E-state index contributed by atoms with van der Waals surface area (Å²) in [7, 11) is 0. The average Bonchev–Trinajstić information content (AvgIpc) is 3.18. The van der Waals surface area contributed by atoms with Gasteiger partial charge in [-0.15, -0.1) is 0 Å². The fourth-order valence-electron chi connectivity index (χ4n) is 3.53. The number of hydrogen-bond acceptors (Lipinski definition) is 5. The summed E-state index contributed by atoms with van der Waals surface area (Å²) in [5.41, 5.74) is 2.98. The Labute approximate surface area is 164 Å². The molecule has 1 aliphatic heterocycles. The van der Waals surface area contributed by atoms with Crippen molar-refractivity contribution in [3.8, 4) is 11.4 Å². The van der Waals surface area contributed by atoms with Crippen molar-refractivity contribution >= 4 is 11.6 Å². The number of carbonyl (C=O) groups is 1. The van der Waals surface area contributed by atoms with Crippen LogP contribution in [0.3, 0.4) is 0 Å². The van der Waals surface area contributed by atoms with Crippen molar-refractivity contribution in [2.24, 2.45) is 5.92 Å². The first-order chi connectivity index (χ1) is 13.7. The topological polar surface area (TPSA) is 71.3 Å². The quantitative estimate of drug-likeness (QED) is 0.731. The van der Waals surface area contributed by atoms with Crippen molar-refractivity contribution in [1.82, 2.24) is 15.0 Å². The summed E-state index contributed by atoms with van der Waals surface area (Å²) in [6.45, 7) is 4.35. The van der Waals surface area contributed by atoms with Gasteiger partial charge in [0.25, 0.3) is 0 Å². The van der Waals surface area contributed by atoms with Crippen LogP contribution in [0.1, 0.15) is 24.3 Å². The van der Waals surface area contributed by atoms with E-state index in [9.17, 15) is 4.79 Å². The van der Waals surface area contributed by atoms with Gasteiger partial charge in [-0.3, -0.25) is 9.69 Å². The number of para-hydroxylation sites is 1. The molecule has 144 valence electrons. The second-order valence-corrected chi connectivity index (χ2v) is 7.29. The number of aryl methyl sites for hydroxylation is 1. The lowest BCUT2D eigenvalue weighted by atomic mass is 9.96. The third kappa shape index (κ3) is 4.46. The van der Waals surface area contributed by atoms with E-state index in [0.29, 0.717) is 18.3 Å². The molecule has 2 aromatic carbocycles. The molecular formula is C22H24N4O2. The first kappa shape index (κ1) is 18.4. The average molecular weight is 376 g/mol. The summed E-state index contributed by atoms with van der Waals surface area (Å²) in [6.07, 6.45) is 1.66. The zero-order chi connectivity index (χ0) is 19.3. The van der Waals surface area contributed by atoms with Crippen molar-refractivity contribution in [2.45, 2.75) is 26.3 Å². The first-order valence-electron chi connectivity index (χ1n) is 9.65. The van der Waals surface area contributed by atoms with E-state index >= 15 is 0 Å². The Morgan fingerprint density at radius 2 is 1.93 bits per heavy atom. The fourth-order valence-corrected chi connectivity index (χ4v) is 3.53. The molecule has 0 spiro atoms. The summed E-state index contributed by atoms with van der Waals surface area (Å²) in [6, 6.07) is 17.7. The van der Waals surface area contributed by atoms with Gasteiger partial charge in [-0.05, 0) is 51.1 Å². The summed E-state index contributed by atoms with van der Waals surface area (Å²) in [5, 5.41) is 7.11. The molecule has 1 fully saturated rings. The maximum atomic E-state index is 12.4. The van der Waals surface area contributed by atoms with Crippen LogP contribution in [-0.2, 0) is 11.3 Å². The van der Waals surface area contributed by atoms with E-state index < -0.39 is 0 Å². The van der Waals surface area contributed by atoms with Crippen molar-refractivity contribution in [1.29, 1.82) is 0 Å². The van der Waals surface area contributed by atoms with Gasteiger partial charge >= 0.3 is 0 Å². The highest BCUT2D eigenvalue weighted by molar-refractivity contribution is 5.92. The molecule has 2 heterocycles. The van der Waals surface area contributed by atoms with Gasteiger partial charge in [0.2, 0.25) is 17.6 Å². The van der Waals surface area contributed by atoms with Gasteiger partial charge in [0.15, 0.2) is 0 Å². The Hall–Kier alpha value is -2.99. The van der Waals surface area contributed by atoms with Gasteiger partial charge in [-0.2, -0.15) is 4.98 Å². The van der Waals surface area contributed by atoms with Crippen LogP contribution in [0.2, 0.25) is 0 Å². The lowest BCUT2D eigenvalue weighted by molar-refractivity contribution is -0.121. The van der Waals surface area contributed by atoms with E-state index in [1.807, 2.05) is 61.5 Å². The van der Waals surface area contributed by atoms with Crippen LogP contribution in [0.5, 0.6) is 0 Å². The smallest absolute Gasteiger partial charge is 0.241 e. The Morgan fingerprint density at radius 1 is 1.14 bits per heavy atom. The van der Waals surface area contributed by atoms with Crippen LogP contribution >= 0.6 is 0 Å². The molecule has 6 nitrogen and oxygen atoms in total. The third-order valence-corrected chi connectivity index (χ3v) is 5.10. The number of aromatic nitrogens is 2. The highest BCUT2D eigenvalue weighted by Crippen LogP contribution is 2.22. The van der Waals surface area contributed by atoms with Crippen molar-refractivity contribution in [3.63, 3.8) is 0 Å². The molecule has 1 aliphatic rings. The van der Waals surface area contributed by atoms with E-state index in [1.54, 1.807) is 0 Å². The number of nitrogens with zero attached hydrogens (tertiary/aromatic N) is 3. The second-order valence-electron chi connectivity index (χ2n) is 7.29. The SMILES string of the molecule is Cc1cccc(-c2noc(CN3CCC(C(=O)Nc4ccccc4)CC3)n2)c1. The predicted molar refractivity (Wildman–Crippen MR) is 108 cm³/mol. The maximum Gasteiger partial charge on any atom is 0.241 e. The summed E-state index contributed by atoms with van der Waals surface area (Å²) < 4.78 is 5.43. The number of benzene rings is 2. The van der Waals surface area contributed by atoms with Crippen molar-refractivity contribution < 1.29 is 9.32 Å². The molecule has 4 rings (SSSR count). The minimum Gasteiger partial charge on any atom is -0.338 e. The Bertz CT molecular complexity index is 930. The number of nitrogens with one attached hydrogen (secondary N) is 1. The molecule has 0 bridgehead atoms. The van der Waals surface area contributed by atoms with Crippen LogP contribution in [-0.4, -0.2) is 34.0 Å². The Morgan fingerprint density at radius 3 is 2.68 bits per heavy atom. The van der Waals surface area contributed by atoms with E-state index in [4.69, 9.17) is 4.52 Å². The summed E-state index contributed by atoms with van der Waals surface area (Å²) in [5.74, 6) is 1.38. The molecule has 0 unspecified atom stereocenters. The maximum absolute atomic E-state index is 12.4. The lowest BCUT2D eigenvalue weighted by Crippen LogP contribution is -2.37. The van der Waals surface area contributed by atoms with Gasteiger partial charge in [0.05, 0.1) is 6.54 Å². The van der Waals surface area contributed by atoms with E-state index in [1.165, 1.54) is 5.56 Å². The predicted octanol–water partition coefficient (Wildman–Crippen LogP) is 3.90. The summed E-state index contributed by atoms with van der Waals surface area (Å²) in [4.78, 5) is 19.2. The molecule has 28 heavy (non-hydrogen) atoms. The van der Waals surface area contributed by atoms with Crippen LogP contribution in [0, 0.1) is 12.8 Å². The van der Waals surface area contributed by atoms with Crippen LogP contribution in [0.25, 0.3) is 11.4 Å². The zero-order valence-corrected chi connectivity index (χ0v) is 16.0. The minimum atomic E-state index is 0.0435. The van der Waals surface area contributed by atoms with Crippen molar-refractivity contribution in [3.05, 3.63) is 66.1 Å².